The van der Waals surface area contributed by atoms with Gasteiger partial charge in [0, 0.05) is 0 Å². The lowest BCUT2D eigenvalue weighted by Crippen LogP contribution is -2.19. The monoisotopic (exact) mass is 514 g/mol. The summed E-state index contributed by atoms with van der Waals surface area (Å²) in [5.41, 5.74) is 0.604. The van der Waals surface area contributed by atoms with Crippen LogP contribution >= 0.6 is 0 Å². The van der Waals surface area contributed by atoms with Gasteiger partial charge in [-0.25, -0.2) is 17.6 Å². The molecule has 0 aromatic heterocycles. The van der Waals surface area contributed by atoms with Crippen molar-refractivity contribution >= 4 is 6.08 Å². The molecule has 2 aromatic rings. The zero-order chi connectivity index (χ0) is 26.0. The normalized spacial score (nSPS) is 20.2. The summed E-state index contributed by atoms with van der Waals surface area (Å²) >= 11 is 0. The molecule has 0 heterocycles. The highest BCUT2D eigenvalue weighted by Crippen LogP contribution is 2.42. The minimum atomic E-state index is -5.32. The molecule has 2 aromatic carbocycles. The predicted molar refractivity (Wildman–Crippen MR) is 124 cm³/mol. The molecule has 0 amide bonds. The second-order valence-corrected chi connectivity index (χ2v) is 9.86. The van der Waals surface area contributed by atoms with Gasteiger partial charge in [0.05, 0.1) is 5.56 Å². The first-order valence-corrected chi connectivity index (χ1v) is 12.5. The number of rotatable bonds is 7. The molecule has 36 heavy (non-hydrogen) atoms. The zero-order valence-electron chi connectivity index (χ0n) is 20.1. The van der Waals surface area contributed by atoms with E-state index < -0.39 is 46.5 Å². The molecule has 0 spiro atoms. The first-order valence-electron chi connectivity index (χ1n) is 12.5. The van der Waals surface area contributed by atoms with Gasteiger partial charge >= 0.3 is 6.36 Å². The Labute approximate surface area is 206 Å². The van der Waals surface area contributed by atoms with Gasteiger partial charge in [-0.2, -0.15) is 0 Å². The smallest absolute Gasteiger partial charge is 0.399 e. The number of ether oxygens (including phenoxy) is 1. The molecule has 2 aliphatic rings. The maximum absolute atomic E-state index is 15.4. The molecule has 0 bridgehead atoms. The van der Waals surface area contributed by atoms with E-state index in [1.807, 2.05) is 6.08 Å². The highest BCUT2D eigenvalue weighted by atomic mass is 19.4. The minimum Gasteiger partial charge on any atom is -0.399 e. The van der Waals surface area contributed by atoms with Crippen molar-refractivity contribution in [1.29, 1.82) is 0 Å². The summed E-state index contributed by atoms with van der Waals surface area (Å²) < 4.78 is 99.3. The van der Waals surface area contributed by atoms with Crippen molar-refractivity contribution in [3.05, 3.63) is 58.2 Å². The van der Waals surface area contributed by atoms with Crippen LogP contribution in [0.25, 0.3) is 17.2 Å². The van der Waals surface area contributed by atoms with Crippen LogP contribution in [0.3, 0.4) is 0 Å². The van der Waals surface area contributed by atoms with E-state index in [1.165, 1.54) is 31.3 Å². The third-order valence-corrected chi connectivity index (χ3v) is 7.45. The van der Waals surface area contributed by atoms with Crippen molar-refractivity contribution in [2.75, 3.05) is 0 Å². The zero-order valence-corrected chi connectivity index (χ0v) is 20.1. The van der Waals surface area contributed by atoms with E-state index >= 15 is 8.78 Å². The number of halogens is 7. The van der Waals surface area contributed by atoms with Crippen molar-refractivity contribution in [2.45, 2.75) is 77.5 Å². The maximum Gasteiger partial charge on any atom is 0.573 e. The average Bonchev–Trinajstić information content (AvgIpc) is 2.81. The van der Waals surface area contributed by atoms with E-state index in [9.17, 15) is 22.0 Å². The Morgan fingerprint density at radius 2 is 1.53 bits per heavy atom. The van der Waals surface area contributed by atoms with Crippen LogP contribution in [0.1, 0.15) is 75.8 Å². The summed E-state index contributed by atoms with van der Waals surface area (Å²) in [6.07, 6.45) is 6.86. The molecule has 2 aliphatic carbocycles. The third-order valence-electron chi connectivity index (χ3n) is 7.45. The highest BCUT2D eigenvalue weighted by Gasteiger charge is 2.35. The number of unbranched alkanes of at least 4 members (excludes halogenated alkanes) is 2. The summed E-state index contributed by atoms with van der Waals surface area (Å²) in [6.45, 7) is 2.19. The van der Waals surface area contributed by atoms with Crippen LogP contribution in [0, 0.1) is 35.1 Å². The summed E-state index contributed by atoms with van der Waals surface area (Å²) in [5, 5.41) is 0. The lowest BCUT2D eigenvalue weighted by molar-refractivity contribution is -0.276. The van der Waals surface area contributed by atoms with Crippen LogP contribution < -0.4 is 4.74 Å². The largest absolute Gasteiger partial charge is 0.573 e. The van der Waals surface area contributed by atoms with Gasteiger partial charge in [-0.15, -0.1) is 13.2 Å². The van der Waals surface area contributed by atoms with Crippen LogP contribution in [0.2, 0.25) is 0 Å². The van der Waals surface area contributed by atoms with E-state index in [1.54, 1.807) is 0 Å². The second-order valence-electron chi connectivity index (χ2n) is 9.86. The van der Waals surface area contributed by atoms with Gasteiger partial charge in [-0.1, -0.05) is 44.3 Å². The lowest BCUT2D eigenvalue weighted by Gasteiger charge is -2.32. The van der Waals surface area contributed by atoms with Crippen molar-refractivity contribution in [1.82, 2.24) is 0 Å². The Bertz CT molecular complexity index is 1100. The molecule has 4 rings (SSSR count). The first-order chi connectivity index (χ1) is 17.1. The summed E-state index contributed by atoms with van der Waals surface area (Å²) in [5.74, 6) is -5.93. The standard InChI is InChI=1S/C28H29F7O/c1-2-3-4-5-16-6-8-17(9-7-16)18-10-11-21-19(12-18)13-22(29)25(26(21)32)20-14-23(30)27(24(31)15-20)36-28(33,34)35/h12-17H,2-11H2,1H3. The Morgan fingerprint density at radius 3 is 2.14 bits per heavy atom. The lowest BCUT2D eigenvalue weighted by atomic mass is 9.74. The van der Waals surface area contributed by atoms with Crippen molar-refractivity contribution in [3.63, 3.8) is 0 Å². The SMILES string of the molecule is CCCCCC1CCC(C2=Cc3cc(F)c(-c4cc(F)c(OC(F)(F)F)c(F)c4)c(F)c3CC2)CC1. The van der Waals surface area contributed by atoms with Gasteiger partial charge in [0.1, 0.15) is 11.6 Å². The Balaban J connectivity index is 1.56. The number of hydrogen-bond donors (Lipinski definition) is 0. The molecule has 1 saturated carbocycles. The maximum atomic E-state index is 15.4. The van der Waals surface area contributed by atoms with E-state index in [0.29, 0.717) is 36.5 Å². The molecule has 0 saturated heterocycles. The fourth-order valence-electron chi connectivity index (χ4n) is 5.61. The minimum absolute atomic E-state index is 0.236. The fourth-order valence-corrected chi connectivity index (χ4v) is 5.61. The molecule has 1 fully saturated rings. The van der Waals surface area contributed by atoms with Gasteiger partial charge in [0.25, 0.3) is 0 Å². The summed E-state index contributed by atoms with van der Waals surface area (Å²) in [7, 11) is 0. The van der Waals surface area contributed by atoms with Crippen molar-refractivity contribution in [3.8, 4) is 16.9 Å². The van der Waals surface area contributed by atoms with Crippen LogP contribution in [0.4, 0.5) is 30.7 Å². The first kappa shape index (κ1) is 26.6. The van der Waals surface area contributed by atoms with E-state index in [-0.39, 0.29) is 5.56 Å². The topological polar surface area (TPSA) is 9.23 Å². The average molecular weight is 515 g/mol. The van der Waals surface area contributed by atoms with Crippen LogP contribution in [-0.2, 0) is 6.42 Å². The second kappa shape index (κ2) is 10.9. The molecule has 0 radical (unpaired) electrons. The molecular formula is C28H29F7O. The van der Waals surface area contributed by atoms with E-state index in [4.69, 9.17) is 0 Å². The molecule has 0 aliphatic heterocycles. The predicted octanol–water partition coefficient (Wildman–Crippen LogP) is 9.52. The van der Waals surface area contributed by atoms with Crippen molar-refractivity contribution < 1.29 is 35.5 Å². The van der Waals surface area contributed by atoms with E-state index in [0.717, 1.165) is 37.7 Å². The number of alkyl halides is 3. The number of allylic oxidation sites excluding steroid dienone is 1. The molecule has 0 unspecified atom stereocenters. The van der Waals surface area contributed by atoms with Crippen molar-refractivity contribution in [2.24, 2.45) is 11.8 Å². The Hall–Kier alpha value is -2.51. The number of hydrogen-bond acceptors (Lipinski definition) is 1. The van der Waals surface area contributed by atoms with Gasteiger partial charge in [0.15, 0.2) is 11.6 Å². The highest BCUT2D eigenvalue weighted by molar-refractivity contribution is 5.72. The number of fused-ring (bicyclic) bond motifs is 1. The van der Waals surface area contributed by atoms with Gasteiger partial charge < -0.3 is 4.74 Å². The molecule has 8 heteroatoms. The van der Waals surface area contributed by atoms with Crippen LogP contribution in [0.15, 0.2) is 23.8 Å². The van der Waals surface area contributed by atoms with Gasteiger partial charge in [-0.3, -0.25) is 0 Å². The molecule has 1 nitrogen and oxygen atoms in total. The number of benzene rings is 2. The molecule has 0 N–H and O–H groups in total. The Morgan fingerprint density at radius 1 is 0.861 bits per heavy atom. The third kappa shape index (κ3) is 5.89. The quantitative estimate of drug-likeness (QED) is 0.264. The van der Waals surface area contributed by atoms with Gasteiger partial charge in [-0.05, 0) is 85.3 Å². The van der Waals surface area contributed by atoms with E-state index in [2.05, 4.69) is 11.7 Å². The summed E-state index contributed by atoms with van der Waals surface area (Å²) in [6, 6.07) is 2.03. The molecule has 0 atom stereocenters. The van der Waals surface area contributed by atoms with Crippen LogP contribution in [0.5, 0.6) is 5.75 Å². The molecular weight excluding hydrogens is 485 g/mol. The fraction of sp³-hybridized carbons (Fsp3) is 0.500. The van der Waals surface area contributed by atoms with Crippen LogP contribution in [-0.4, -0.2) is 6.36 Å². The van der Waals surface area contributed by atoms with Gasteiger partial charge in [0.2, 0.25) is 5.75 Å². The summed E-state index contributed by atoms with van der Waals surface area (Å²) in [4.78, 5) is 0. The molecule has 196 valence electrons. The Kier molecular flexibility index (Phi) is 8.00.